The molecule has 3 rings (SSSR count). The van der Waals surface area contributed by atoms with Crippen LogP contribution in [0.25, 0.3) is 0 Å². The molecule has 1 aromatic rings. The molecular formula is C16H19ClN2O3. The largest absolute Gasteiger partial charge is 0.356 e. The summed E-state index contributed by atoms with van der Waals surface area (Å²) in [4.78, 5) is 24.2. The number of benzene rings is 1. The average Bonchev–Trinajstić information content (AvgIpc) is 3.00. The fraction of sp³-hybridized carbons (Fsp3) is 0.500. The quantitative estimate of drug-likeness (QED) is 0.894. The first-order valence-corrected chi connectivity index (χ1v) is 7.99. The lowest BCUT2D eigenvalue weighted by Crippen LogP contribution is -2.53. The number of hydrogen-bond acceptors (Lipinski definition) is 3. The van der Waals surface area contributed by atoms with Crippen LogP contribution in [0.4, 0.5) is 0 Å². The third-order valence-corrected chi connectivity index (χ3v) is 4.56. The Bertz CT molecular complexity index is 572. The van der Waals surface area contributed by atoms with E-state index in [0.29, 0.717) is 10.6 Å². The van der Waals surface area contributed by atoms with Gasteiger partial charge in [-0.05, 0) is 24.5 Å². The summed E-state index contributed by atoms with van der Waals surface area (Å²) in [6.45, 7) is -0.107. The molecule has 5 nitrogen and oxygen atoms in total. The van der Waals surface area contributed by atoms with E-state index in [2.05, 4.69) is 10.6 Å². The Morgan fingerprint density at radius 1 is 1.27 bits per heavy atom. The molecule has 1 aliphatic heterocycles. The van der Waals surface area contributed by atoms with E-state index >= 15 is 0 Å². The molecule has 6 heteroatoms. The molecule has 0 radical (unpaired) electrons. The molecular weight excluding hydrogens is 304 g/mol. The van der Waals surface area contributed by atoms with Crippen LogP contribution < -0.4 is 10.6 Å². The molecule has 2 fully saturated rings. The van der Waals surface area contributed by atoms with Crippen LogP contribution in [0.5, 0.6) is 0 Å². The number of halogens is 1. The van der Waals surface area contributed by atoms with Crippen LogP contribution in [-0.2, 0) is 14.3 Å². The summed E-state index contributed by atoms with van der Waals surface area (Å²) in [7, 11) is 0. The first-order chi connectivity index (χ1) is 10.6. The molecule has 2 amide bonds. The van der Waals surface area contributed by atoms with Gasteiger partial charge in [-0.15, -0.1) is 0 Å². The highest BCUT2D eigenvalue weighted by Gasteiger charge is 2.37. The predicted molar refractivity (Wildman–Crippen MR) is 82.5 cm³/mol. The van der Waals surface area contributed by atoms with Gasteiger partial charge in [-0.1, -0.05) is 42.6 Å². The van der Waals surface area contributed by atoms with Crippen molar-refractivity contribution in [1.29, 1.82) is 0 Å². The van der Waals surface area contributed by atoms with Gasteiger partial charge < -0.3 is 15.4 Å². The van der Waals surface area contributed by atoms with E-state index in [1.807, 2.05) is 12.1 Å². The van der Waals surface area contributed by atoms with Gasteiger partial charge in [-0.2, -0.15) is 0 Å². The zero-order valence-corrected chi connectivity index (χ0v) is 12.9. The SMILES string of the molecule is O=C1CO[C@H](C(=O)NC2CCCC2)[C@@H](c2ccccc2Cl)N1. The molecule has 118 valence electrons. The molecule has 22 heavy (non-hydrogen) atoms. The molecule has 0 aromatic heterocycles. The summed E-state index contributed by atoms with van der Waals surface area (Å²) in [5.74, 6) is -0.424. The molecule has 1 aromatic carbocycles. The van der Waals surface area contributed by atoms with E-state index in [0.717, 1.165) is 25.7 Å². The fourth-order valence-corrected chi connectivity index (χ4v) is 3.35. The Morgan fingerprint density at radius 3 is 2.73 bits per heavy atom. The number of morpholine rings is 1. The Morgan fingerprint density at radius 2 is 2.00 bits per heavy atom. The van der Waals surface area contributed by atoms with E-state index in [1.54, 1.807) is 12.1 Å². The van der Waals surface area contributed by atoms with Crippen LogP contribution in [0.2, 0.25) is 5.02 Å². The lowest BCUT2D eigenvalue weighted by atomic mass is 9.98. The summed E-state index contributed by atoms with van der Waals surface area (Å²) in [6.07, 6.45) is 3.53. The maximum Gasteiger partial charge on any atom is 0.251 e. The van der Waals surface area contributed by atoms with Crippen molar-refractivity contribution in [3.05, 3.63) is 34.9 Å². The zero-order valence-electron chi connectivity index (χ0n) is 12.2. The van der Waals surface area contributed by atoms with Crippen molar-refractivity contribution in [3.63, 3.8) is 0 Å². The summed E-state index contributed by atoms with van der Waals surface area (Å²) in [5, 5.41) is 6.36. The van der Waals surface area contributed by atoms with Crippen LogP contribution >= 0.6 is 11.6 Å². The van der Waals surface area contributed by atoms with Gasteiger partial charge in [0.2, 0.25) is 5.91 Å². The second kappa shape index (κ2) is 6.67. The maximum absolute atomic E-state index is 12.5. The van der Waals surface area contributed by atoms with Crippen LogP contribution in [0.1, 0.15) is 37.3 Å². The van der Waals surface area contributed by atoms with Gasteiger partial charge in [0, 0.05) is 11.1 Å². The zero-order chi connectivity index (χ0) is 15.5. The molecule has 2 N–H and O–H groups in total. The normalized spacial score (nSPS) is 25.8. The molecule has 1 saturated carbocycles. The van der Waals surface area contributed by atoms with Crippen LogP contribution in [-0.4, -0.2) is 30.6 Å². The van der Waals surface area contributed by atoms with Gasteiger partial charge in [0.05, 0.1) is 6.04 Å². The predicted octanol–water partition coefficient (Wildman–Crippen LogP) is 1.95. The third-order valence-electron chi connectivity index (χ3n) is 4.21. The number of nitrogens with one attached hydrogen (secondary N) is 2. The van der Waals surface area contributed by atoms with Crippen molar-refractivity contribution < 1.29 is 14.3 Å². The smallest absolute Gasteiger partial charge is 0.251 e. The summed E-state index contributed by atoms with van der Waals surface area (Å²) >= 11 is 6.21. The molecule has 0 bridgehead atoms. The van der Waals surface area contributed by atoms with E-state index in [4.69, 9.17) is 16.3 Å². The highest BCUT2D eigenvalue weighted by Crippen LogP contribution is 2.29. The molecule has 1 saturated heterocycles. The first kappa shape index (κ1) is 15.3. The Balaban J connectivity index is 1.79. The minimum atomic E-state index is -0.752. The lowest BCUT2D eigenvalue weighted by Gasteiger charge is -2.32. The number of rotatable bonds is 3. The fourth-order valence-electron chi connectivity index (χ4n) is 3.10. The Kier molecular flexibility index (Phi) is 4.64. The standard InChI is InChI=1S/C16H19ClN2O3/c17-12-8-4-3-7-11(12)14-15(22-9-13(20)19-14)16(21)18-10-5-1-2-6-10/h3-4,7-8,10,14-15H,1-2,5-6,9H2,(H,18,21)(H,19,20)/t14-,15+/m1/s1. The number of ether oxygens (including phenoxy) is 1. The van der Waals surface area contributed by atoms with Crippen LogP contribution in [0.15, 0.2) is 24.3 Å². The second-order valence-electron chi connectivity index (χ2n) is 5.79. The molecule has 0 spiro atoms. The van der Waals surface area contributed by atoms with Crippen molar-refractivity contribution in [3.8, 4) is 0 Å². The van der Waals surface area contributed by atoms with Gasteiger partial charge in [-0.25, -0.2) is 0 Å². The van der Waals surface area contributed by atoms with Crippen molar-refractivity contribution in [2.45, 2.75) is 43.9 Å². The van der Waals surface area contributed by atoms with Crippen molar-refractivity contribution >= 4 is 23.4 Å². The van der Waals surface area contributed by atoms with Crippen LogP contribution in [0, 0.1) is 0 Å². The Labute approximate surface area is 134 Å². The molecule has 0 unspecified atom stereocenters. The monoisotopic (exact) mass is 322 g/mol. The molecule has 2 atom stereocenters. The third kappa shape index (κ3) is 3.25. The van der Waals surface area contributed by atoms with Gasteiger partial charge in [0.15, 0.2) is 6.10 Å². The number of carbonyl (C=O) groups is 2. The minimum absolute atomic E-state index is 0.107. The highest BCUT2D eigenvalue weighted by atomic mass is 35.5. The number of carbonyl (C=O) groups excluding carboxylic acids is 2. The summed E-state index contributed by atoms with van der Waals surface area (Å²) in [5.41, 5.74) is 0.698. The molecule has 1 aliphatic carbocycles. The van der Waals surface area contributed by atoms with E-state index in [9.17, 15) is 9.59 Å². The van der Waals surface area contributed by atoms with Crippen molar-refractivity contribution in [2.24, 2.45) is 0 Å². The number of hydrogen-bond donors (Lipinski definition) is 2. The molecule has 2 aliphatic rings. The Hall–Kier alpha value is -1.59. The first-order valence-electron chi connectivity index (χ1n) is 7.61. The second-order valence-corrected chi connectivity index (χ2v) is 6.20. The van der Waals surface area contributed by atoms with E-state index < -0.39 is 12.1 Å². The summed E-state index contributed by atoms with van der Waals surface area (Å²) in [6, 6.07) is 6.83. The van der Waals surface area contributed by atoms with Gasteiger partial charge >= 0.3 is 0 Å². The lowest BCUT2D eigenvalue weighted by molar-refractivity contribution is -0.148. The van der Waals surface area contributed by atoms with Crippen molar-refractivity contribution in [1.82, 2.24) is 10.6 Å². The van der Waals surface area contributed by atoms with Gasteiger partial charge in [0.25, 0.3) is 5.91 Å². The number of amides is 2. The van der Waals surface area contributed by atoms with E-state index in [1.165, 1.54) is 0 Å². The molecule has 1 heterocycles. The average molecular weight is 323 g/mol. The van der Waals surface area contributed by atoms with Gasteiger partial charge in [-0.3, -0.25) is 9.59 Å². The van der Waals surface area contributed by atoms with Crippen LogP contribution in [0.3, 0.4) is 0 Å². The summed E-state index contributed by atoms with van der Waals surface area (Å²) < 4.78 is 5.50. The maximum atomic E-state index is 12.5. The minimum Gasteiger partial charge on any atom is -0.356 e. The highest BCUT2D eigenvalue weighted by molar-refractivity contribution is 6.31. The van der Waals surface area contributed by atoms with Gasteiger partial charge in [0.1, 0.15) is 6.61 Å². The topological polar surface area (TPSA) is 67.4 Å². The van der Waals surface area contributed by atoms with Crippen molar-refractivity contribution in [2.75, 3.05) is 6.61 Å². The van der Waals surface area contributed by atoms with E-state index in [-0.39, 0.29) is 24.5 Å².